The van der Waals surface area contributed by atoms with E-state index in [0.717, 1.165) is 16.8 Å². The second kappa shape index (κ2) is 13.1. The molecule has 0 aliphatic rings. The number of aromatic nitrogens is 1. The number of rotatable bonds is 10. The average molecular weight is 515 g/mol. The molecule has 2 N–H and O–H groups in total. The SMILES string of the molecule is COC(=O)CCC[C@@H](COC(=O)Nc1cc2ccccc2cn1)N(C)C(=O)NCc1cccc(F)c1F. The van der Waals surface area contributed by atoms with Crippen molar-refractivity contribution in [1.29, 1.82) is 0 Å². The molecule has 11 heteroatoms. The summed E-state index contributed by atoms with van der Waals surface area (Å²) in [5.74, 6) is -2.16. The molecule has 3 rings (SSSR count). The number of urea groups is 1. The Morgan fingerprint density at radius 2 is 1.84 bits per heavy atom. The Hall–Kier alpha value is -4.28. The highest BCUT2D eigenvalue weighted by atomic mass is 19.2. The van der Waals surface area contributed by atoms with E-state index in [0.29, 0.717) is 18.7 Å². The van der Waals surface area contributed by atoms with Crippen LogP contribution in [0, 0.1) is 11.6 Å². The number of nitrogens with zero attached hydrogens (tertiary/aromatic N) is 2. The Bertz CT molecular complexity index is 1260. The number of anilines is 1. The number of methoxy groups -OCH3 is 1. The number of carbonyl (C=O) groups excluding carboxylic acids is 3. The molecule has 9 nitrogen and oxygen atoms in total. The highest BCUT2D eigenvalue weighted by Crippen LogP contribution is 2.17. The molecule has 0 fully saturated rings. The molecule has 0 aliphatic carbocycles. The number of fused-ring (bicyclic) bond motifs is 1. The van der Waals surface area contributed by atoms with E-state index >= 15 is 0 Å². The number of hydrogen-bond donors (Lipinski definition) is 2. The first-order valence-electron chi connectivity index (χ1n) is 11.6. The van der Waals surface area contributed by atoms with Gasteiger partial charge in [0.2, 0.25) is 0 Å². The Kier molecular flexibility index (Phi) is 9.70. The summed E-state index contributed by atoms with van der Waals surface area (Å²) in [6.45, 7) is -0.421. The largest absolute Gasteiger partial charge is 0.469 e. The van der Waals surface area contributed by atoms with Crippen molar-refractivity contribution in [2.24, 2.45) is 0 Å². The Morgan fingerprint density at radius 3 is 2.59 bits per heavy atom. The molecule has 196 valence electrons. The van der Waals surface area contributed by atoms with Crippen molar-refractivity contribution in [3.63, 3.8) is 0 Å². The first-order valence-corrected chi connectivity index (χ1v) is 11.6. The van der Waals surface area contributed by atoms with Gasteiger partial charge >= 0.3 is 18.1 Å². The van der Waals surface area contributed by atoms with Crippen molar-refractivity contribution in [2.75, 3.05) is 26.1 Å². The zero-order valence-corrected chi connectivity index (χ0v) is 20.5. The lowest BCUT2D eigenvalue weighted by Gasteiger charge is -2.28. The molecule has 0 saturated carbocycles. The molecule has 0 spiro atoms. The van der Waals surface area contributed by atoms with Gasteiger partial charge in [-0.15, -0.1) is 0 Å². The number of nitrogens with one attached hydrogen (secondary N) is 2. The number of benzene rings is 2. The maximum Gasteiger partial charge on any atom is 0.412 e. The van der Waals surface area contributed by atoms with Crippen molar-refractivity contribution in [3.8, 4) is 0 Å². The van der Waals surface area contributed by atoms with Crippen LogP contribution in [-0.4, -0.2) is 54.8 Å². The highest BCUT2D eigenvalue weighted by molar-refractivity contribution is 5.89. The van der Waals surface area contributed by atoms with Crippen molar-refractivity contribution in [1.82, 2.24) is 15.2 Å². The second-order valence-electron chi connectivity index (χ2n) is 8.24. The van der Waals surface area contributed by atoms with Crippen molar-refractivity contribution >= 4 is 34.7 Å². The number of hydrogen-bond acceptors (Lipinski definition) is 6. The predicted octanol–water partition coefficient (Wildman–Crippen LogP) is 4.62. The highest BCUT2D eigenvalue weighted by Gasteiger charge is 2.23. The maximum absolute atomic E-state index is 13.9. The van der Waals surface area contributed by atoms with Gasteiger partial charge in [0.05, 0.1) is 13.2 Å². The third kappa shape index (κ3) is 7.86. The van der Waals surface area contributed by atoms with Crippen LogP contribution in [0.25, 0.3) is 10.8 Å². The average Bonchev–Trinajstić information content (AvgIpc) is 2.90. The van der Waals surface area contributed by atoms with Gasteiger partial charge in [0.15, 0.2) is 11.6 Å². The first kappa shape index (κ1) is 27.3. The van der Waals surface area contributed by atoms with E-state index < -0.39 is 35.8 Å². The third-order valence-corrected chi connectivity index (χ3v) is 5.74. The fourth-order valence-corrected chi connectivity index (χ4v) is 3.58. The van der Waals surface area contributed by atoms with E-state index in [-0.39, 0.29) is 25.1 Å². The summed E-state index contributed by atoms with van der Waals surface area (Å²) in [4.78, 5) is 42.1. The predicted molar refractivity (Wildman–Crippen MR) is 133 cm³/mol. The van der Waals surface area contributed by atoms with Crippen LogP contribution in [0.15, 0.2) is 54.7 Å². The van der Waals surface area contributed by atoms with E-state index in [2.05, 4.69) is 20.4 Å². The minimum Gasteiger partial charge on any atom is -0.469 e. The van der Waals surface area contributed by atoms with Gasteiger partial charge < -0.3 is 19.7 Å². The van der Waals surface area contributed by atoms with Gasteiger partial charge in [-0.3, -0.25) is 10.1 Å². The summed E-state index contributed by atoms with van der Waals surface area (Å²) in [6, 6.07) is 11.7. The molecular weight excluding hydrogens is 486 g/mol. The summed E-state index contributed by atoms with van der Waals surface area (Å²) in [6.07, 6.45) is 1.65. The number of halogens is 2. The van der Waals surface area contributed by atoms with Crippen LogP contribution in [0.5, 0.6) is 0 Å². The van der Waals surface area contributed by atoms with Crippen molar-refractivity contribution in [2.45, 2.75) is 31.8 Å². The minimum atomic E-state index is -1.04. The second-order valence-corrected chi connectivity index (χ2v) is 8.24. The summed E-state index contributed by atoms with van der Waals surface area (Å²) in [7, 11) is 2.76. The van der Waals surface area contributed by atoms with Gasteiger partial charge in [0, 0.05) is 37.2 Å². The van der Waals surface area contributed by atoms with Gasteiger partial charge in [0.25, 0.3) is 0 Å². The number of carbonyl (C=O) groups is 3. The lowest BCUT2D eigenvalue weighted by Crippen LogP contribution is -2.46. The van der Waals surface area contributed by atoms with E-state index in [9.17, 15) is 23.2 Å². The molecule has 1 atom stereocenters. The fraction of sp³-hybridized carbons (Fsp3) is 0.308. The third-order valence-electron chi connectivity index (χ3n) is 5.74. The molecule has 37 heavy (non-hydrogen) atoms. The number of pyridine rings is 1. The van der Waals surface area contributed by atoms with Crippen LogP contribution in [-0.2, 0) is 20.8 Å². The van der Waals surface area contributed by atoms with Gasteiger partial charge in [-0.1, -0.05) is 36.4 Å². The van der Waals surface area contributed by atoms with Crippen LogP contribution in [0.1, 0.15) is 24.8 Å². The van der Waals surface area contributed by atoms with Gasteiger partial charge in [-0.25, -0.2) is 23.4 Å². The fourth-order valence-electron chi connectivity index (χ4n) is 3.58. The number of ether oxygens (including phenoxy) is 2. The summed E-state index contributed by atoms with van der Waals surface area (Å²) in [5.41, 5.74) is -0.0116. The van der Waals surface area contributed by atoms with Crippen LogP contribution in [0.4, 0.5) is 24.2 Å². The molecule has 0 radical (unpaired) electrons. The molecule has 0 bridgehead atoms. The smallest absolute Gasteiger partial charge is 0.412 e. The Labute approximate surface area is 212 Å². The summed E-state index contributed by atoms with van der Waals surface area (Å²) < 4.78 is 37.3. The van der Waals surface area contributed by atoms with E-state index in [1.807, 2.05) is 24.3 Å². The summed E-state index contributed by atoms with van der Waals surface area (Å²) >= 11 is 0. The molecule has 0 unspecified atom stereocenters. The standard InChI is InChI=1S/C26H28F2N4O5/c1-32(25(34)30-15-19-9-5-11-21(27)24(19)28)20(10-6-12-23(33)36-2)16-37-26(35)31-22-13-17-7-3-4-8-18(17)14-29-22/h3-5,7-9,11,13-14,20H,6,10,12,15-16H2,1-2H3,(H,30,34)(H,29,31,35)/t20-/m0/s1. The van der Waals surface area contributed by atoms with Crippen LogP contribution in [0.2, 0.25) is 0 Å². The molecule has 3 amide bonds. The van der Waals surface area contributed by atoms with Gasteiger partial charge in [0.1, 0.15) is 12.4 Å². The van der Waals surface area contributed by atoms with E-state index in [1.165, 1.54) is 31.2 Å². The normalized spacial score (nSPS) is 11.5. The monoisotopic (exact) mass is 514 g/mol. The molecule has 0 saturated heterocycles. The number of likely N-dealkylation sites (N-methyl/N-ethyl adjacent to an activating group) is 1. The molecular formula is C26H28F2N4O5. The topological polar surface area (TPSA) is 110 Å². The molecule has 3 aromatic rings. The lowest BCUT2D eigenvalue weighted by atomic mass is 10.1. The Morgan fingerprint density at radius 1 is 1.08 bits per heavy atom. The molecule has 2 aromatic carbocycles. The molecule has 1 aromatic heterocycles. The summed E-state index contributed by atoms with van der Waals surface area (Å²) in [5, 5.41) is 6.88. The van der Waals surface area contributed by atoms with E-state index in [1.54, 1.807) is 12.3 Å². The first-order chi connectivity index (χ1) is 17.8. The zero-order chi connectivity index (χ0) is 26.8. The Balaban J connectivity index is 1.60. The van der Waals surface area contributed by atoms with Crippen LogP contribution < -0.4 is 10.6 Å². The van der Waals surface area contributed by atoms with Gasteiger partial charge in [-0.05, 0) is 30.4 Å². The maximum atomic E-state index is 13.9. The zero-order valence-electron chi connectivity index (χ0n) is 20.5. The van der Waals surface area contributed by atoms with E-state index in [4.69, 9.17) is 4.74 Å². The quantitative estimate of drug-likeness (QED) is 0.382. The minimum absolute atomic E-state index is 0.0116. The van der Waals surface area contributed by atoms with Crippen LogP contribution >= 0.6 is 0 Å². The van der Waals surface area contributed by atoms with Crippen LogP contribution in [0.3, 0.4) is 0 Å². The molecule has 0 aliphatic heterocycles. The lowest BCUT2D eigenvalue weighted by molar-refractivity contribution is -0.140. The van der Waals surface area contributed by atoms with Crippen molar-refractivity contribution in [3.05, 3.63) is 71.9 Å². The van der Waals surface area contributed by atoms with Gasteiger partial charge in [-0.2, -0.15) is 0 Å². The molecule has 1 heterocycles. The van der Waals surface area contributed by atoms with Crippen molar-refractivity contribution < 1.29 is 32.6 Å². The number of amides is 3. The number of esters is 1.